The van der Waals surface area contributed by atoms with E-state index in [0.29, 0.717) is 5.41 Å². The summed E-state index contributed by atoms with van der Waals surface area (Å²) in [6.45, 7) is 4.75. The first-order chi connectivity index (χ1) is 8.50. The summed E-state index contributed by atoms with van der Waals surface area (Å²) < 4.78 is 0. The maximum atomic E-state index is 6.41. The summed E-state index contributed by atoms with van der Waals surface area (Å²) in [5, 5.41) is 0. The van der Waals surface area contributed by atoms with E-state index in [1.165, 1.54) is 64.2 Å². The fourth-order valence-corrected chi connectivity index (χ4v) is 5.70. The van der Waals surface area contributed by atoms with Gasteiger partial charge in [-0.05, 0) is 61.7 Å². The third-order valence-corrected chi connectivity index (χ3v) is 6.20. The van der Waals surface area contributed by atoms with Gasteiger partial charge in [0.25, 0.3) is 0 Å². The zero-order valence-corrected chi connectivity index (χ0v) is 12.4. The molecule has 5 fully saturated rings. The van der Waals surface area contributed by atoms with Gasteiger partial charge >= 0.3 is 0 Å². The Bertz CT molecular complexity index is 268. The van der Waals surface area contributed by atoms with Gasteiger partial charge in [-0.15, -0.1) is 0 Å². The average molecular weight is 249 g/mol. The molecule has 2 unspecified atom stereocenters. The molecule has 0 heterocycles. The lowest BCUT2D eigenvalue weighted by Crippen LogP contribution is -2.59. The van der Waals surface area contributed by atoms with Crippen molar-refractivity contribution in [3.63, 3.8) is 0 Å². The van der Waals surface area contributed by atoms with Crippen molar-refractivity contribution >= 4 is 0 Å². The van der Waals surface area contributed by atoms with E-state index in [1.54, 1.807) is 0 Å². The Hall–Kier alpha value is -0.0400. The summed E-state index contributed by atoms with van der Waals surface area (Å²) in [6, 6.07) is 0. The van der Waals surface area contributed by atoms with Gasteiger partial charge in [-0.3, -0.25) is 0 Å². The lowest BCUT2D eigenvalue weighted by atomic mass is 9.48. The van der Waals surface area contributed by atoms with Crippen LogP contribution in [0.3, 0.4) is 0 Å². The van der Waals surface area contributed by atoms with Crippen LogP contribution in [0.4, 0.5) is 0 Å². The normalized spacial score (nSPS) is 49.5. The molecule has 18 heavy (non-hydrogen) atoms. The summed E-state index contributed by atoms with van der Waals surface area (Å²) in [4.78, 5) is 0. The molecule has 2 N–H and O–H groups in total. The van der Waals surface area contributed by atoms with Crippen molar-refractivity contribution in [2.75, 3.05) is 0 Å². The molecule has 1 nitrogen and oxygen atoms in total. The fraction of sp³-hybridized carbons (Fsp3) is 1.00. The molecule has 4 bridgehead atoms. The molecule has 0 aromatic heterocycles. The van der Waals surface area contributed by atoms with Crippen LogP contribution in [0, 0.1) is 23.2 Å². The monoisotopic (exact) mass is 249 g/mol. The predicted molar refractivity (Wildman–Crippen MR) is 77.3 cm³/mol. The van der Waals surface area contributed by atoms with Crippen LogP contribution in [-0.2, 0) is 0 Å². The maximum Gasteiger partial charge on any atom is 0.0164 e. The molecule has 0 amide bonds. The molecule has 5 aliphatic rings. The zero-order valence-electron chi connectivity index (χ0n) is 12.4. The van der Waals surface area contributed by atoms with Crippen molar-refractivity contribution in [2.45, 2.75) is 83.6 Å². The first kappa shape index (κ1) is 13.0. The first-order valence-electron chi connectivity index (χ1n) is 8.29. The number of hydrogen-bond acceptors (Lipinski definition) is 1. The molecule has 0 aromatic carbocycles. The number of rotatable bonds is 1. The van der Waals surface area contributed by atoms with E-state index < -0.39 is 0 Å². The van der Waals surface area contributed by atoms with Crippen molar-refractivity contribution in [3.8, 4) is 0 Å². The van der Waals surface area contributed by atoms with Gasteiger partial charge in [0.15, 0.2) is 0 Å². The minimum Gasteiger partial charge on any atom is -0.325 e. The van der Waals surface area contributed by atoms with Gasteiger partial charge in [-0.25, -0.2) is 0 Å². The molecule has 0 spiro atoms. The number of nitrogens with two attached hydrogens (primary N) is 1. The Balaban J connectivity index is 0.000000142. The Kier molecular flexibility index (Phi) is 3.25. The lowest BCUT2D eigenvalue weighted by molar-refractivity contribution is -0.0563. The minimum absolute atomic E-state index is 0.263. The van der Waals surface area contributed by atoms with Gasteiger partial charge in [0.05, 0.1) is 0 Å². The van der Waals surface area contributed by atoms with E-state index in [-0.39, 0.29) is 5.54 Å². The van der Waals surface area contributed by atoms with Crippen LogP contribution in [0.15, 0.2) is 0 Å². The highest BCUT2D eigenvalue weighted by Gasteiger charge is 2.53. The quantitative estimate of drug-likeness (QED) is 0.727. The largest absolute Gasteiger partial charge is 0.325 e. The van der Waals surface area contributed by atoms with Gasteiger partial charge in [0.2, 0.25) is 0 Å². The van der Waals surface area contributed by atoms with Crippen molar-refractivity contribution < 1.29 is 0 Å². The van der Waals surface area contributed by atoms with Gasteiger partial charge in [0.1, 0.15) is 0 Å². The van der Waals surface area contributed by atoms with E-state index in [0.717, 1.165) is 17.8 Å². The summed E-state index contributed by atoms with van der Waals surface area (Å²) in [7, 11) is 0. The Morgan fingerprint density at radius 1 is 1.06 bits per heavy atom. The molecular weight excluding hydrogens is 218 g/mol. The standard InChI is InChI=1S/C11H19N.C6H12/c1-10-3-8-2-9(4-10)6-11(12,5-8)7-10;1-2-6-4-3-5-6/h8-9H,2-7,12H2,1H3;6H,2-5H2,1H3. The van der Waals surface area contributed by atoms with Gasteiger partial charge in [-0.1, -0.05) is 39.5 Å². The summed E-state index contributed by atoms with van der Waals surface area (Å²) in [6.07, 6.45) is 14.4. The van der Waals surface area contributed by atoms with Gasteiger partial charge in [0, 0.05) is 5.54 Å². The van der Waals surface area contributed by atoms with Gasteiger partial charge in [-0.2, -0.15) is 0 Å². The van der Waals surface area contributed by atoms with Crippen LogP contribution in [0.5, 0.6) is 0 Å². The van der Waals surface area contributed by atoms with E-state index in [1.807, 2.05) is 0 Å². The summed E-state index contributed by atoms with van der Waals surface area (Å²) in [5.41, 5.74) is 7.31. The number of hydrogen-bond donors (Lipinski definition) is 1. The van der Waals surface area contributed by atoms with E-state index in [2.05, 4.69) is 13.8 Å². The Labute approximate surface area is 113 Å². The summed E-state index contributed by atoms with van der Waals surface area (Å²) >= 11 is 0. The molecule has 0 saturated heterocycles. The zero-order chi connectivity index (χ0) is 12.8. The van der Waals surface area contributed by atoms with E-state index in [9.17, 15) is 0 Å². The third kappa shape index (κ3) is 2.48. The van der Waals surface area contributed by atoms with Crippen molar-refractivity contribution in [1.29, 1.82) is 0 Å². The molecule has 5 rings (SSSR count). The maximum absolute atomic E-state index is 6.41. The molecule has 0 aliphatic heterocycles. The molecule has 1 heteroatoms. The molecule has 0 aromatic rings. The molecule has 104 valence electrons. The topological polar surface area (TPSA) is 26.0 Å². The average Bonchev–Trinajstić information content (AvgIpc) is 2.09. The molecular formula is C17H31N. The highest BCUT2D eigenvalue weighted by molar-refractivity contribution is 5.08. The van der Waals surface area contributed by atoms with Crippen LogP contribution in [0.1, 0.15) is 78.1 Å². The van der Waals surface area contributed by atoms with Crippen LogP contribution < -0.4 is 5.73 Å². The Morgan fingerprint density at radius 2 is 1.67 bits per heavy atom. The Morgan fingerprint density at radius 3 is 1.94 bits per heavy atom. The highest BCUT2D eigenvalue weighted by atomic mass is 14.8. The lowest BCUT2D eigenvalue weighted by Gasteiger charge is -2.60. The van der Waals surface area contributed by atoms with Gasteiger partial charge < -0.3 is 5.73 Å². The van der Waals surface area contributed by atoms with Crippen LogP contribution in [0.25, 0.3) is 0 Å². The van der Waals surface area contributed by atoms with Crippen molar-refractivity contribution in [3.05, 3.63) is 0 Å². The smallest absolute Gasteiger partial charge is 0.0164 e. The van der Waals surface area contributed by atoms with Crippen molar-refractivity contribution in [2.24, 2.45) is 28.9 Å². The van der Waals surface area contributed by atoms with Crippen molar-refractivity contribution in [1.82, 2.24) is 0 Å². The van der Waals surface area contributed by atoms with Crippen LogP contribution in [0.2, 0.25) is 0 Å². The fourth-order valence-electron chi connectivity index (χ4n) is 5.70. The highest BCUT2D eigenvalue weighted by Crippen LogP contribution is 2.60. The van der Waals surface area contributed by atoms with Crippen LogP contribution >= 0.6 is 0 Å². The predicted octanol–water partition coefficient (Wildman–Crippen LogP) is 4.50. The molecule has 5 saturated carbocycles. The van der Waals surface area contributed by atoms with E-state index >= 15 is 0 Å². The second-order valence-electron chi connectivity index (χ2n) is 8.34. The minimum atomic E-state index is 0.263. The second-order valence-corrected chi connectivity index (χ2v) is 8.34. The van der Waals surface area contributed by atoms with Crippen LogP contribution in [-0.4, -0.2) is 5.54 Å². The molecule has 5 aliphatic carbocycles. The first-order valence-corrected chi connectivity index (χ1v) is 8.29. The SMILES string of the molecule is CC12CC3CC(C1)CC(N)(C3)C2.CCC1CCC1. The molecule has 2 atom stereocenters. The summed E-state index contributed by atoms with van der Waals surface area (Å²) in [5.74, 6) is 3.09. The second kappa shape index (κ2) is 4.51. The third-order valence-electron chi connectivity index (χ3n) is 6.20. The molecule has 0 radical (unpaired) electrons. The van der Waals surface area contributed by atoms with E-state index in [4.69, 9.17) is 5.73 Å².